The number of hydrogen-bond donors (Lipinski definition) is 3. The lowest BCUT2D eigenvalue weighted by molar-refractivity contribution is -0.116. The minimum atomic E-state index is -3.94. The van der Waals surface area contributed by atoms with Crippen LogP contribution < -0.4 is 15.4 Å². The van der Waals surface area contributed by atoms with Crippen LogP contribution in [0.3, 0.4) is 0 Å². The molecule has 0 aromatic heterocycles. The number of hydrogen-bond acceptors (Lipinski definition) is 4. The van der Waals surface area contributed by atoms with Gasteiger partial charge < -0.3 is 10.6 Å². The Morgan fingerprint density at radius 1 is 1.04 bits per heavy atom. The van der Waals surface area contributed by atoms with Crippen molar-refractivity contribution in [2.45, 2.75) is 31.1 Å². The van der Waals surface area contributed by atoms with E-state index in [1.54, 1.807) is 24.3 Å². The number of unbranched alkanes of at least 4 members (excludes halogenated alkanes) is 1. The van der Waals surface area contributed by atoms with Gasteiger partial charge in [0.15, 0.2) is 5.11 Å². The number of carbonyl (C=O) groups excluding carboxylic acids is 1. The van der Waals surface area contributed by atoms with Crippen LogP contribution in [0.1, 0.15) is 26.2 Å². The summed E-state index contributed by atoms with van der Waals surface area (Å²) in [6.07, 6.45) is 2.04. The number of amides is 1. The average molecular weight is 460 g/mol. The summed E-state index contributed by atoms with van der Waals surface area (Å²) in [6.45, 7) is 1.99. The Kier molecular flexibility index (Phi) is 8.06. The van der Waals surface area contributed by atoms with Gasteiger partial charge in [0, 0.05) is 17.8 Å². The maximum absolute atomic E-state index is 12.6. The zero-order valence-corrected chi connectivity index (χ0v) is 18.1. The third-order valence-electron chi connectivity index (χ3n) is 3.59. The van der Waals surface area contributed by atoms with Crippen LogP contribution in [0.15, 0.2) is 47.4 Å². The highest BCUT2D eigenvalue weighted by Crippen LogP contribution is 2.25. The van der Waals surface area contributed by atoms with E-state index in [1.807, 2.05) is 6.92 Å². The van der Waals surface area contributed by atoms with Crippen molar-refractivity contribution >= 4 is 67.8 Å². The Morgan fingerprint density at radius 2 is 1.75 bits per heavy atom. The quantitative estimate of drug-likeness (QED) is 0.517. The summed E-state index contributed by atoms with van der Waals surface area (Å²) in [5.74, 6) is -0.166. The van der Waals surface area contributed by atoms with E-state index in [0.717, 1.165) is 12.8 Å². The van der Waals surface area contributed by atoms with Crippen molar-refractivity contribution in [3.8, 4) is 0 Å². The van der Waals surface area contributed by atoms with Crippen LogP contribution in [0.4, 0.5) is 11.4 Å². The predicted molar refractivity (Wildman–Crippen MR) is 118 cm³/mol. The van der Waals surface area contributed by atoms with Gasteiger partial charge in [0.2, 0.25) is 5.91 Å². The predicted octanol–water partition coefficient (Wildman–Crippen LogP) is 4.80. The summed E-state index contributed by atoms with van der Waals surface area (Å²) in [5, 5.41) is 5.97. The third kappa shape index (κ3) is 6.63. The maximum Gasteiger partial charge on any atom is 0.263 e. The molecule has 0 aliphatic carbocycles. The fourth-order valence-electron chi connectivity index (χ4n) is 2.21. The fourth-order valence-corrected chi connectivity index (χ4v) is 3.91. The van der Waals surface area contributed by atoms with Gasteiger partial charge >= 0.3 is 0 Å². The molecule has 2 aromatic carbocycles. The molecule has 0 fully saturated rings. The van der Waals surface area contributed by atoms with Crippen LogP contribution in [-0.2, 0) is 14.8 Å². The second-order valence-electron chi connectivity index (χ2n) is 5.87. The molecule has 0 atom stereocenters. The van der Waals surface area contributed by atoms with Crippen LogP contribution in [-0.4, -0.2) is 19.4 Å². The van der Waals surface area contributed by atoms with E-state index in [1.165, 1.54) is 18.2 Å². The van der Waals surface area contributed by atoms with Crippen molar-refractivity contribution in [3.05, 3.63) is 52.5 Å². The lowest BCUT2D eigenvalue weighted by atomic mass is 10.2. The van der Waals surface area contributed by atoms with Gasteiger partial charge in [0.25, 0.3) is 10.0 Å². The molecule has 0 radical (unpaired) electrons. The fraction of sp³-hybridized carbons (Fsp3) is 0.222. The Balaban J connectivity index is 2.07. The average Bonchev–Trinajstić information content (AvgIpc) is 2.63. The summed E-state index contributed by atoms with van der Waals surface area (Å²) in [4.78, 5) is 11.8. The van der Waals surface area contributed by atoms with Crippen molar-refractivity contribution < 1.29 is 13.2 Å². The largest absolute Gasteiger partial charge is 0.332 e. The van der Waals surface area contributed by atoms with Crippen molar-refractivity contribution in [2.24, 2.45) is 0 Å². The lowest BCUT2D eigenvalue weighted by Crippen LogP contribution is -2.34. The van der Waals surface area contributed by atoms with Crippen LogP contribution in [0, 0.1) is 0 Å². The zero-order valence-electron chi connectivity index (χ0n) is 15.0. The Morgan fingerprint density at radius 3 is 2.43 bits per heavy atom. The molecule has 0 aliphatic heterocycles. The first-order valence-electron chi connectivity index (χ1n) is 8.40. The van der Waals surface area contributed by atoms with Crippen molar-refractivity contribution in [2.75, 3.05) is 10.6 Å². The molecule has 0 saturated carbocycles. The first kappa shape index (κ1) is 22.4. The molecule has 0 saturated heterocycles. The second kappa shape index (κ2) is 10.1. The maximum atomic E-state index is 12.6. The van der Waals surface area contributed by atoms with Gasteiger partial charge in [-0.05, 0) is 55.0 Å². The van der Waals surface area contributed by atoms with Crippen LogP contribution in [0.25, 0.3) is 0 Å². The SMILES string of the molecule is CCCCC(=O)Nc1cccc(S(=O)(=O)NC(=S)Nc2ccc(Cl)c(Cl)c2)c1. The number of thiocarbonyl (C=S) groups is 1. The molecule has 2 aromatic rings. The molecular weight excluding hydrogens is 441 g/mol. The molecule has 0 heterocycles. The highest BCUT2D eigenvalue weighted by molar-refractivity contribution is 7.92. The highest BCUT2D eigenvalue weighted by atomic mass is 35.5. The van der Waals surface area contributed by atoms with Crippen LogP contribution in [0.2, 0.25) is 10.0 Å². The summed E-state index contributed by atoms with van der Waals surface area (Å²) < 4.78 is 27.4. The normalized spacial score (nSPS) is 11.0. The summed E-state index contributed by atoms with van der Waals surface area (Å²) in [5.41, 5.74) is 0.881. The smallest absolute Gasteiger partial charge is 0.263 e. The monoisotopic (exact) mass is 459 g/mol. The van der Waals surface area contributed by atoms with Gasteiger partial charge in [-0.1, -0.05) is 42.6 Å². The minimum absolute atomic E-state index is 0.0286. The molecule has 0 spiro atoms. The number of anilines is 2. The van der Waals surface area contributed by atoms with E-state index in [4.69, 9.17) is 35.4 Å². The van der Waals surface area contributed by atoms with E-state index < -0.39 is 10.0 Å². The Hall–Kier alpha value is -1.87. The van der Waals surface area contributed by atoms with Crippen LogP contribution >= 0.6 is 35.4 Å². The number of rotatable bonds is 7. The van der Waals surface area contributed by atoms with Crippen molar-refractivity contribution in [3.63, 3.8) is 0 Å². The van der Waals surface area contributed by atoms with Gasteiger partial charge in [-0.2, -0.15) is 0 Å². The molecule has 0 unspecified atom stereocenters. The molecule has 2 rings (SSSR count). The first-order valence-corrected chi connectivity index (χ1v) is 11.0. The first-order chi connectivity index (χ1) is 13.2. The van der Waals surface area contributed by atoms with Crippen molar-refractivity contribution in [1.82, 2.24) is 4.72 Å². The number of benzene rings is 2. The summed E-state index contributed by atoms with van der Waals surface area (Å²) in [7, 11) is -3.94. The molecule has 1 amide bonds. The van der Waals surface area contributed by atoms with E-state index in [2.05, 4.69) is 15.4 Å². The third-order valence-corrected chi connectivity index (χ3v) is 6.01. The highest BCUT2D eigenvalue weighted by Gasteiger charge is 2.17. The lowest BCUT2D eigenvalue weighted by Gasteiger charge is -2.13. The van der Waals surface area contributed by atoms with Gasteiger partial charge in [-0.15, -0.1) is 0 Å². The van der Waals surface area contributed by atoms with E-state index in [0.29, 0.717) is 27.8 Å². The summed E-state index contributed by atoms with van der Waals surface area (Å²) >= 11 is 16.8. The number of sulfonamides is 1. The zero-order chi connectivity index (χ0) is 20.7. The van der Waals surface area contributed by atoms with Gasteiger partial charge in [-0.3, -0.25) is 9.52 Å². The van der Waals surface area contributed by atoms with Gasteiger partial charge in [0.1, 0.15) is 0 Å². The number of carbonyl (C=O) groups is 1. The van der Waals surface area contributed by atoms with Gasteiger partial charge in [0.05, 0.1) is 14.9 Å². The van der Waals surface area contributed by atoms with E-state index >= 15 is 0 Å². The molecule has 10 heteroatoms. The second-order valence-corrected chi connectivity index (χ2v) is 8.77. The molecule has 28 heavy (non-hydrogen) atoms. The molecule has 3 N–H and O–H groups in total. The van der Waals surface area contributed by atoms with E-state index in [9.17, 15) is 13.2 Å². The van der Waals surface area contributed by atoms with Gasteiger partial charge in [-0.25, -0.2) is 8.42 Å². The molecule has 0 aliphatic rings. The summed E-state index contributed by atoms with van der Waals surface area (Å²) in [6, 6.07) is 10.6. The topological polar surface area (TPSA) is 87.3 Å². The molecule has 6 nitrogen and oxygen atoms in total. The number of halogens is 2. The molecule has 150 valence electrons. The molecule has 0 bridgehead atoms. The minimum Gasteiger partial charge on any atom is -0.332 e. The van der Waals surface area contributed by atoms with Crippen LogP contribution in [0.5, 0.6) is 0 Å². The standard InChI is InChI=1S/C18H19Cl2N3O3S2/c1-2-3-7-17(24)21-12-5-4-6-14(10-12)28(25,26)23-18(27)22-13-8-9-15(19)16(20)11-13/h4-6,8-11H,2-3,7H2,1H3,(H,21,24)(H2,22,23,27). The Labute approximate surface area is 179 Å². The Bertz CT molecular complexity index is 982. The van der Waals surface area contributed by atoms with E-state index in [-0.39, 0.29) is 15.9 Å². The molecular formula is C18H19Cl2N3O3S2. The number of nitrogens with one attached hydrogen (secondary N) is 3. The van der Waals surface area contributed by atoms with Crippen molar-refractivity contribution in [1.29, 1.82) is 0 Å².